The summed E-state index contributed by atoms with van der Waals surface area (Å²) in [5, 5.41) is 0.372. The normalized spacial score (nSPS) is 11.4. The molecule has 0 aliphatic rings. The molecule has 21 heavy (non-hydrogen) atoms. The Morgan fingerprint density at radius 2 is 1.86 bits per heavy atom. The van der Waals surface area contributed by atoms with Crippen LogP contribution in [0.5, 0.6) is 0 Å². The minimum Gasteiger partial charge on any atom is -0.397 e. The molecule has 0 atom stereocenters. The molecular weight excluding hydrogens is 315 g/mol. The number of nitrogens with zero attached hydrogens (tertiary/aromatic N) is 1. The summed E-state index contributed by atoms with van der Waals surface area (Å²) in [5.41, 5.74) is 6.68. The zero-order chi connectivity index (χ0) is 15.8. The average Bonchev–Trinajstić information content (AvgIpc) is 2.40. The number of aryl methyl sites for hydroxylation is 1. The fraction of sp³-hybridized carbons (Fsp3) is 0.143. The number of nitrogen functional groups attached to an aromatic ring is 1. The van der Waals surface area contributed by atoms with Crippen LogP contribution in [0.2, 0.25) is 5.02 Å². The maximum absolute atomic E-state index is 13.1. The molecule has 112 valence electrons. The van der Waals surface area contributed by atoms with Crippen molar-refractivity contribution in [3.05, 3.63) is 52.8 Å². The first kappa shape index (κ1) is 15.6. The number of sulfonamides is 1. The molecule has 7 heteroatoms. The van der Waals surface area contributed by atoms with Crippen LogP contribution in [-0.4, -0.2) is 15.5 Å². The number of rotatable bonds is 3. The van der Waals surface area contributed by atoms with Crippen molar-refractivity contribution in [1.82, 2.24) is 0 Å². The van der Waals surface area contributed by atoms with Crippen molar-refractivity contribution in [2.45, 2.75) is 11.8 Å². The molecule has 0 aromatic heterocycles. The number of anilines is 2. The topological polar surface area (TPSA) is 63.4 Å². The highest BCUT2D eigenvalue weighted by atomic mass is 35.5. The van der Waals surface area contributed by atoms with E-state index in [0.717, 1.165) is 10.4 Å². The maximum atomic E-state index is 13.1. The molecular formula is C14H14ClFN2O2S. The molecule has 0 bridgehead atoms. The third-order valence-corrected chi connectivity index (χ3v) is 5.27. The summed E-state index contributed by atoms with van der Waals surface area (Å²) in [6.07, 6.45) is 0. The van der Waals surface area contributed by atoms with Crippen LogP contribution in [0, 0.1) is 12.7 Å². The lowest BCUT2D eigenvalue weighted by molar-refractivity contribution is 0.592. The number of hydrogen-bond donors (Lipinski definition) is 1. The van der Waals surface area contributed by atoms with Crippen molar-refractivity contribution in [3.63, 3.8) is 0 Å². The number of halogens is 2. The minimum atomic E-state index is -3.85. The second kappa shape index (κ2) is 5.54. The Morgan fingerprint density at radius 1 is 1.19 bits per heavy atom. The summed E-state index contributed by atoms with van der Waals surface area (Å²) in [4.78, 5) is 0.0192. The molecule has 0 amide bonds. The second-order valence-electron chi connectivity index (χ2n) is 4.59. The standard InChI is InChI=1S/C14H14ClFN2O2S/c1-9-7-11(16)4-6-14(9)21(19,20)18(2)13-8-10(15)3-5-12(13)17/h3-8H,17H2,1-2H3. The molecule has 2 aromatic carbocycles. The largest absolute Gasteiger partial charge is 0.397 e. The first-order valence-corrected chi connectivity index (χ1v) is 7.85. The molecule has 0 fully saturated rings. The van der Waals surface area contributed by atoms with Gasteiger partial charge in [-0.3, -0.25) is 4.31 Å². The molecule has 0 unspecified atom stereocenters. The lowest BCUT2D eigenvalue weighted by atomic mass is 10.2. The number of benzene rings is 2. The highest BCUT2D eigenvalue weighted by Crippen LogP contribution is 2.31. The predicted octanol–water partition coefficient (Wildman–Crippen LogP) is 3.19. The van der Waals surface area contributed by atoms with E-state index in [4.69, 9.17) is 17.3 Å². The molecule has 0 aliphatic heterocycles. The third-order valence-electron chi connectivity index (χ3n) is 3.11. The van der Waals surface area contributed by atoms with Crippen LogP contribution >= 0.6 is 11.6 Å². The molecule has 4 nitrogen and oxygen atoms in total. The van der Waals surface area contributed by atoms with E-state index in [1.54, 1.807) is 6.07 Å². The Morgan fingerprint density at radius 3 is 2.48 bits per heavy atom. The lowest BCUT2D eigenvalue weighted by Gasteiger charge is -2.22. The van der Waals surface area contributed by atoms with Gasteiger partial charge in [0, 0.05) is 12.1 Å². The maximum Gasteiger partial charge on any atom is 0.264 e. The summed E-state index contributed by atoms with van der Waals surface area (Å²) >= 11 is 5.88. The predicted molar refractivity (Wildman–Crippen MR) is 82.6 cm³/mol. The molecule has 0 heterocycles. The van der Waals surface area contributed by atoms with Gasteiger partial charge in [0.05, 0.1) is 16.3 Å². The zero-order valence-corrected chi connectivity index (χ0v) is 13.0. The first-order valence-electron chi connectivity index (χ1n) is 6.03. The Kier molecular flexibility index (Phi) is 4.11. The Labute approximate surface area is 128 Å². The Bertz CT molecular complexity index is 794. The van der Waals surface area contributed by atoms with Gasteiger partial charge in [0.1, 0.15) is 5.82 Å². The van der Waals surface area contributed by atoms with Gasteiger partial charge in [-0.1, -0.05) is 11.6 Å². The Hall–Kier alpha value is -1.79. The Balaban J connectivity index is 2.55. The van der Waals surface area contributed by atoms with E-state index in [1.807, 2.05) is 0 Å². The van der Waals surface area contributed by atoms with Crippen molar-refractivity contribution in [1.29, 1.82) is 0 Å². The van der Waals surface area contributed by atoms with Crippen molar-refractivity contribution in [3.8, 4) is 0 Å². The van der Waals surface area contributed by atoms with E-state index in [-0.39, 0.29) is 16.3 Å². The van der Waals surface area contributed by atoms with Gasteiger partial charge in [0.25, 0.3) is 10.0 Å². The van der Waals surface area contributed by atoms with E-state index in [1.165, 1.54) is 38.2 Å². The van der Waals surface area contributed by atoms with Crippen molar-refractivity contribution in [2.24, 2.45) is 0 Å². The number of nitrogens with two attached hydrogens (primary N) is 1. The van der Waals surface area contributed by atoms with Gasteiger partial charge in [-0.2, -0.15) is 0 Å². The molecule has 0 saturated carbocycles. The van der Waals surface area contributed by atoms with Gasteiger partial charge in [0.2, 0.25) is 0 Å². The highest BCUT2D eigenvalue weighted by molar-refractivity contribution is 7.92. The van der Waals surface area contributed by atoms with Gasteiger partial charge in [0.15, 0.2) is 0 Å². The van der Waals surface area contributed by atoms with Gasteiger partial charge in [-0.15, -0.1) is 0 Å². The average molecular weight is 329 g/mol. The van der Waals surface area contributed by atoms with Crippen LogP contribution in [0.25, 0.3) is 0 Å². The molecule has 0 radical (unpaired) electrons. The molecule has 0 saturated heterocycles. The smallest absolute Gasteiger partial charge is 0.264 e. The highest BCUT2D eigenvalue weighted by Gasteiger charge is 2.25. The van der Waals surface area contributed by atoms with Crippen LogP contribution in [0.1, 0.15) is 5.56 Å². The molecule has 2 N–H and O–H groups in total. The summed E-state index contributed by atoms with van der Waals surface area (Å²) in [7, 11) is -2.48. The SMILES string of the molecule is Cc1cc(F)ccc1S(=O)(=O)N(C)c1cc(Cl)ccc1N. The fourth-order valence-electron chi connectivity index (χ4n) is 1.97. The lowest BCUT2D eigenvalue weighted by Crippen LogP contribution is -2.28. The van der Waals surface area contributed by atoms with Gasteiger partial charge < -0.3 is 5.73 Å². The summed E-state index contributed by atoms with van der Waals surface area (Å²) < 4.78 is 39.4. The van der Waals surface area contributed by atoms with Crippen molar-refractivity contribution in [2.75, 3.05) is 17.1 Å². The third kappa shape index (κ3) is 2.96. The summed E-state index contributed by atoms with van der Waals surface area (Å²) in [6, 6.07) is 8.08. The van der Waals surface area contributed by atoms with Crippen molar-refractivity contribution < 1.29 is 12.8 Å². The van der Waals surface area contributed by atoms with Crippen LogP contribution < -0.4 is 10.0 Å². The molecule has 2 rings (SSSR count). The van der Waals surface area contributed by atoms with Crippen molar-refractivity contribution >= 4 is 33.0 Å². The summed E-state index contributed by atoms with van der Waals surface area (Å²) in [6.45, 7) is 1.53. The second-order valence-corrected chi connectivity index (χ2v) is 6.96. The monoisotopic (exact) mass is 328 g/mol. The van der Waals surface area contributed by atoms with Gasteiger partial charge in [-0.05, 0) is 48.9 Å². The fourth-order valence-corrected chi connectivity index (χ4v) is 3.55. The zero-order valence-electron chi connectivity index (χ0n) is 11.5. The van der Waals surface area contributed by atoms with Crippen LogP contribution in [0.3, 0.4) is 0 Å². The molecule has 0 spiro atoms. The van der Waals surface area contributed by atoms with E-state index in [2.05, 4.69) is 0 Å². The van der Waals surface area contributed by atoms with E-state index < -0.39 is 15.8 Å². The van der Waals surface area contributed by atoms with Gasteiger partial charge in [-0.25, -0.2) is 12.8 Å². The molecule has 2 aromatic rings. The summed E-state index contributed by atoms with van der Waals surface area (Å²) in [5.74, 6) is -0.489. The first-order chi connectivity index (χ1) is 9.73. The quantitative estimate of drug-likeness (QED) is 0.880. The molecule has 0 aliphatic carbocycles. The van der Waals surface area contributed by atoms with E-state index in [9.17, 15) is 12.8 Å². The van der Waals surface area contributed by atoms with Gasteiger partial charge >= 0.3 is 0 Å². The van der Waals surface area contributed by atoms with Crippen LogP contribution in [-0.2, 0) is 10.0 Å². The van der Waals surface area contributed by atoms with Crippen LogP contribution in [0.4, 0.5) is 15.8 Å². The van der Waals surface area contributed by atoms with E-state index >= 15 is 0 Å². The van der Waals surface area contributed by atoms with E-state index in [0.29, 0.717) is 10.6 Å². The number of hydrogen-bond acceptors (Lipinski definition) is 3. The van der Waals surface area contributed by atoms with Crippen LogP contribution in [0.15, 0.2) is 41.3 Å². The minimum absolute atomic E-state index is 0.0192.